The lowest BCUT2D eigenvalue weighted by atomic mass is 10.1. The lowest BCUT2D eigenvalue weighted by molar-refractivity contribution is -0.113. The van der Waals surface area contributed by atoms with Crippen molar-refractivity contribution in [2.24, 2.45) is 0 Å². The average Bonchev–Trinajstić information content (AvgIpc) is 3.11. The molecule has 0 radical (unpaired) electrons. The Balaban J connectivity index is 1.37. The number of hydrogen-bond acceptors (Lipinski definition) is 4. The summed E-state index contributed by atoms with van der Waals surface area (Å²) >= 11 is 6.88. The lowest BCUT2D eigenvalue weighted by Crippen LogP contribution is -2.27. The predicted octanol–water partition coefficient (Wildman–Crippen LogP) is 7.98. The number of fused-ring (bicyclic) bond motifs is 1. The van der Waals surface area contributed by atoms with E-state index in [1.807, 2.05) is 66.7 Å². The summed E-state index contributed by atoms with van der Waals surface area (Å²) in [7, 11) is 0. The zero-order valence-electron chi connectivity index (χ0n) is 19.0. The van der Waals surface area contributed by atoms with Crippen molar-refractivity contribution in [1.29, 1.82) is 0 Å². The van der Waals surface area contributed by atoms with Crippen LogP contribution in [-0.2, 0) is 4.79 Å². The molecule has 0 saturated carbocycles. The molecule has 3 aromatic rings. The van der Waals surface area contributed by atoms with Crippen molar-refractivity contribution in [3.8, 4) is 5.75 Å². The van der Waals surface area contributed by atoms with Crippen LogP contribution in [-0.4, -0.2) is 16.8 Å². The van der Waals surface area contributed by atoms with Gasteiger partial charge in [0.2, 0.25) is 0 Å². The minimum Gasteiger partial charge on any atom is -0.494 e. The van der Waals surface area contributed by atoms with E-state index < -0.39 is 0 Å². The molecular formula is C28H29NO2S2. The number of unbranched alkanes of at least 4 members (excludes halogenated alkanes) is 5. The van der Waals surface area contributed by atoms with E-state index in [4.69, 9.17) is 17.0 Å². The van der Waals surface area contributed by atoms with Gasteiger partial charge in [-0.3, -0.25) is 9.69 Å². The highest BCUT2D eigenvalue weighted by atomic mass is 32.2. The minimum atomic E-state index is -0.0799. The van der Waals surface area contributed by atoms with Gasteiger partial charge in [-0.1, -0.05) is 105 Å². The third-order valence-electron chi connectivity index (χ3n) is 5.73. The first-order valence-electron chi connectivity index (χ1n) is 11.7. The van der Waals surface area contributed by atoms with Gasteiger partial charge in [0, 0.05) is 0 Å². The third kappa shape index (κ3) is 6.04. The molecule has 0 spiro atoms. The molecular weight excluding hydrogens is 446 g/mol. The maximum atomic E-state index is 13.1. The van der Waals surface area contributed by atoms with Gasteiger partial charge >= 0.3 is 0 Å². The van der Waals surface area contributed by atoms with Gasteiger partial charge in [0.1, 0.15) is 5.75 Å². The van der Waals surface area contributed by atoms with E-state index in [0.29, 0.717) is 9.23 Å². The zero-order chi connectivity index (χ0) is 23.0. The second-order valence-corrected chi connectivity index (χ2v) is 9.91. The van der Waals surface area contributed by atoms with Crippen molar-refractivity contribution in [2.45, 2.75) is 45.4 Å². The van der Waals surface area contributed by atoms with Crippen LogP contribution >= 0.6 is 24.0 Å². The molecule has 0 bridgehead atoms. The van der Waals surface area contributed by atoms with Crippen LogP contribution in [0.3, 0.4) is 0 Å². The Morgan fingerprint density at radius 2 is 1.64 bits per heavy atom. The summed E-state index contributed by atoms with van der Waals surface area (Å²) in [6, 6.07) is 22.0. The normalized spacial score (nSPS) is 15.1. The number of carbonyl (C=O) groups is 1. The number of amides is 1. The Morgan fingerprint density at radius 3 is 2.42 bits per heavy atom. The molecule has 3 aromatic carbocycles. The predicted molar refractivity (Wildman–Crippen MR) is 145 cm³/mol. The second kappa shape index (κ2) is 11.5. The van der Waals surface area contributed by atoms with Crippen LogP contribution in [0.2, 0.25) is 0 Å². The monoisotopic (exact) mass is 475 g/mol. The second-order valence-electron chi connectivity index (χ2n) is 8.23. The minimum absolute atomic E-state index is 0.0799. The van der Waals surface area contributed by atoms with Gasteiger partial charge in [-0.2, -0.15) is 0 Å². The van der Waals surface area contributed by atoms with Crippen molar-refractivity contribution in [1.82, 2.24) is 0 Å². The van der Waals surface area contributed by atoms with Crippen molar-refractivity contribution in [2.75, 3.05) is 11.5 Å². The average molecular weight is 476 g/mol. The smallest absolute Gasteiger partial charge is 0.270 e. The summed E-state index contributed by atoms with van der Waals surface area (Å²) in [6.07, 6.45) is 9.41. The summed E-state index contributed by atoms with van der Waals surface area (Å²) in [6.45, 7) is 2.98. The van der Waals surface area contributed by atoms with Gasteiger partial charge in [0.25, 0.3) is 5.91 Å². The molecule has 0 N–H and O–H groups in total. The summed E-state index contributed by atoms with van der Waals surface area (Å²) in [5.41, 5.74) is 1.76. The molecule has 3 nitrogen and oxygen atoms in total. The van der Waals surface area contributed by atoms with Gasteiger partial charge in [-0.15, -0.1) is 0 Å². The molecule has 1 saturated heterocycles. The van der Waals surface area contributed by atoms with Crippen LogP contribution in [0.25, 0.3) is 16.8 Å². The highest BCUT2D eigenvalue weighted by molar-refractivity contribution is 8.27. The van der Waals surface area contributed by atoms with Crippen molar-refractivity contribution in [3.05, 3.63) is 77.2 Å². The van der Waals surface area contributed by atoms with Gasteiger partial charge < -0.3 is 4.74 Å². The SMILES string of the molecule is CCCCCCCCOc1ccc(/C=C2\SC(=S)N(c3ccc4ccccc4c3)C2=O)cc1. The Kier molecular flexibility index (Phi) is 8.19. The summed E-state index contributed by atoms with van der Waals surface area (Å²) in [5.74, 6) is 0.785. The molecule has 5 heteroatoms. The van der Waals surface area contributed by atoms with Gasteiger partial charge in [-0.05, 0) is 53.1 Å². The van der Waals surface area contributed by atoms with E-state index in [9.17, 15) is 4.79 Å². The molecule has 1 aliphatic heterocycles. The van der Waals surface area contributed by atoms with Crippen LogP contribution in [0.1, 0.15) is 51.0 Å². The van der Waals surface area contributed by atoms with Crippen LogP contribution < -0.4 is 9.64 Å². The first-order chi connectivity index (χ1) is 16.2. The third-order valence-corrected chi connectivity index (χ3v) is 7.03. The molecule has 1 fully saturated rings. The van der Waals surface area contributed by atoms with Crippen LogP contribution in [0.15, 0.2) is 71.6 Å². The lowest BCUT2D eigenvalue weighted by Gasteiger charge is -2.15. The Bertz CT molecular complexity index is 1150. The number of carbonyl (C=O) groups excluding carboxylic acids is 1. The molecule has 1 heterocycles. The number of thiocarbonyl (C=S) groups is 1. The van der Waals surface area contributed by atoms with Crippen LogP contribution in [0.4, 0.5) is 5.69 Å². The topological polar surface area (TPSA) is 29.5 Å². The highest BCUT2D eigenvalue weighted by Crippen LogP contribution is 2.37. The molecule has 0 aliphatic carbocycles. The molecule has 4 rings (SSSR count). The van der Waals surface area contributed by atoms with E-state index in [2.05, 4.69) is 13.0 Å². The van der Waals surface area contributed by atoms with Gasteiger partial charge in [0.15, 0.2) is 4.32 Å². The summed E-state index contributed by atoms with van der Waals surface area (Å²) in [4.78, 5) is 15.4. The van der Waals surface area contributed by atoms with Gasteiger partial charge in [0.05, 0.1) is 17.2 Å². The first kappa shape index (κ1) is 23.5. The van der Waals surface area contributed by atoms with Crippen LogP contribution in [0, 0.1) is 0 Å². The number of benzene rings is 3. The van der Waals surface area contributed by atoms with E-state index in [0.717, 1.165) is 40.8 Å². The fourth-order valence-corrected chi connectivity index (χ4v) is 5.19. The number of ether oxygens (including phenoxy) is 1. The van der Waals surface area contributed by atoms with E-state index >= 15 is 0 Å². The number of anilines is 1. The molecule has 1 aliphatic rings. The first-order valence-corrected chi connectivity index (χ1v) is 12.9. The van der Waals surface area contributed by atoms with Crippen molar-refractivity contribution in [3.63, 3.8) is 0 Å². The zero-order valence-corrected chi connectivity index (χ0v) is 20.6. The molecule has 0 atom stereocenters. The molecule has 0 aromatic heterocycles. The summed E-state index contributed by atoms with van der Waals surface area (Å²) < 4.78 is 6.42. The van der Waals surface area contributed by atoms with E-state index in [1.165, 1.54) is 43.9 Å². The van der Waals surface area contributed by atoms with Crippen molar-refractivity contribution >= 4 is 56.7 Å². The number of hydrogen-bond donors (Lipinski definition) is 0. The number of nitrogens with zero attached hydrogens (tertiary/aromatic N) is 1. The quantitative estimate of drug-likeness (QED) is 0.169. The van der Waals surface area contributed by atoms with E-state index in [-0.39, 0.29) is 5.91 Å². The molecule has 1 amide bonds. The highest BCUT2D eigenvalue weighted by Gasteiger charge is 2.33. The standard InChI is InChI=1S/C28H29NO2S2/c1-2-3-4-5-6-9-18-31-25-16-12-21(13-17-25)19-26-27(30)29(28(32)33-26)24-15-14-22-10-7-8-11-23(22)20-24/h7-8,10-17,19-20H,2-6,9,18H2,1H3/b26-19-. The van der Waals surface area contributed by atoms with E-state index in [1.54, 1.807) is 4.90 Å². The molecule has 170 valence electrons. The van der Waals surface area contributed by atoms with Crippen molar-refractivity contribution < 1.29 is 9.53 Å². The Morgan fingerprint density at radius 1 is 0.909 bits per heavy atom. The van der Waals surface area contributed by atoms with Crippen LogP contribution in [0.5, 0.6) is 5.75 Å². The number of thioether (sulfide) groups is 1. The maximum absolute atomic E-state index is 13.1. The Labute approximate surface area is 205 Å². The number of rotatable bonds is 10. The summed E-state index contributed by atoms with van der Waals surface area (Å²) in [5, 5.41) is 2.23. The maximum Gasteiger partial charge on any atom is 0.270 e. The van der Waals surface area contributed by atoms with Gasteiger partial charge in [-0.25, -0.2) is 0 Å². The molecule has 0 unspecified atom stereocenters. The fourth-order valence-electron chi connectivity index (χ4n) is 3.89. The largest absolute Gasteiger partial charge is 0.494 e. The fraction of sp³-hybridized carbons (Fsp3) is 0.286. The Hall–Kier alpha value is -2.63. The molecule has 33 heavy (non-hydrogen) atoms.